The number of amides is 4. The van der Waals surface area contributed by atoms with Crippen molar-refractivity contribution < 1.29 is 27.6 Å². The topological polar surface area (TPSA) is 78.5 Å². The molecule has 0 aromatic rings. The summed E-state index contributed by atoms with van der Waals surface area (Å²) < 4.78 is 39.5. The smallest absolute Gasteiger partial charge is 0.342 e. The van der Waals surface area contributed by atoms with E-state index >= 15 is 0 Å². The SMILES string of the molecule is O=C1NC(=O)C2(CCN(C(=O)[C@H]3CCCC[C@H]3C(F)(F)F)CC2)N1. The predicted molar refractivity (Wildman–Crippen MR) is 76.7 cm³/mol. The van der Waals surface area contributed by atoms with Gasteiger partial charge in [-0.1, -0.05) is 12.8 Å². The van der Waals surface area contributed by atoms with Gasteiger partial charge in [-0.05, 0) is 25.7 Å². The highest BCUT2D eigenvalue weighted by molar-refractivity contribution is 6.07. The lowest BCUT2D eigenvalue weighted by molar-refractivity contribution is -0.201. The number of alkyl halides is 3. The molecule has 0 bridgehead atoms. The maximum atomic E-state index is 13.2. The fourth-order valence-corrected chi connectivity index (χ4v) is 4.04. The number of nitrogens with one attached hydrogen (secondary N) is 2. The Balaban J connectivity index is 1.66. The van der Waals surface area contributed by atoms with E-state index in [9.17, 15) is 27.6 Å². The average molecular weight is 347 g/mol. The number of piperidine rings is 1. The van der Waals surface area contributed by atoms with Crippen LogP contribution in [-0.2, 0) is 9.59 Å². The maximum Gasteiger partial charge on any atom is 0.392 e. The predicted octanol–water partition coefficient (Wildman–Crippen LogP) is 1.56. The minimum absolute atomic E-state index is 0.00382. The highest BCUT2D eigenvalue weighted by Crippen LogP contribution is 2.42. The number of rotatable bonds is 1. The van der Waals surface area contributed by atoms with E-state index in [4.69, 9.17) is 0 Å². The van der Waals surface area contributed by atoms with Crippen LogP contribution in [0.4, 0.5) is 18.0 Å². The molecule has 0 aromatic heterocycles. The van der Waals surface area contributed by atoms with Crippen molar-refractivity contribution in [2.24, 2.45) is 11.8 Å². The highest BCUT2D eigenvalue weighted by Gasteiger charge is 2.52. The normalized spacial score (nSPS) is 30.2. The molecule has 1 aliphatic carbocycles. The Morgan fingerprint density at radius 2 is 1.75 bits per heavy atom. The van der Waals surface area contributed by atoms with Crippen molar-refractivity contribution in [3.05, 3.63) is 0 Å². The van der Waals surface area contributed by atoms with Gasteiger partial charge in [0.05, 0.1) is 5.92 Å². The minimum Gasteiger partial charge on any atom is -0.342 e. The zero-order chi connectivity index (χ0) is 17.5. The molecule has 3 rings (SSSR count). The van der Waals surface area contributed by atoms with Gasteiger partial charge in [-0.2, -0.15) is 13.2 Å². The summed E-state index contributed by atoms with van der Waals surface area (Å²) in [6.45, 7) is 0.348. The van der Waals surface area contributed by atoms with E-state index in [0.717, 1.165) is 0 Å². The van der Waals surface area contributed by atoms with Crippen LogP contribution in [0.2, 0.25) is 0 Å². The molecule has 0 aromatic carbocycles. The number of hydrogen-bond donors (Lipinski definition) is 2. The van der Waals surface area contributed by atoms with E-state index in [1.807, 2.05) is 0 Å². The summed E-state index contributed by atoms with van der Waals surface area (Å²) >= 11 is 0. The van der Waals surface area contributed by atoms with Crippen molar-refractivity contribution in [2.75, 3.05) is 13.1 Å². The Morgan fingerprint density at radius 1 is 1.12 bits per heavy atom. The summed E-state index contributed by atoms with van der Waals surface area (Å²) in [7, 11) is 0. The molecular weight excluding hydrogens is 327 g/mol. The Labute approximate surface area is 137 Å². The van der Waals surface area contributed by atoms with Gasteiger partial charge in [-0.15, -0.1) is 0 Å². The van der Waals surface area contributed by atoms with Gasteiger partial charge in [0.2, 0.25) is 5.91 Å². The lowest BCUT2D eigenvalue weighted by Crippen LogP contribution is -2.57. The zero-order valence-electron chi connectivity index (χ0n) is 13.1. The van der Waals surface area contributed by atoms with Crippen LogP contribution in [0.1, 0.15) is 38.5 Å². The Kier molecular flexibility index (Phi) is 4.21. The molecule has 2 saturated heterocycles. The maximum absolute atomic E-state index is 13.2. The zero-order valence-corrected chi connectivity index (χ0v) is 13.1. The molecule has 4 amide bonds. The van der Waals surface area contributed by atoms with Gasteiger partial charge in [0.15, 0.2) is 0 Å². The van der Waals surface area contributed by atoms with Gasteiger partial charge in [-0.25, -0.2) is 4.79 Å². The molecule has 9 heteroatoms. The van der Waals surface area contributed by atoms with Crippen molar-refractivity contribution in [2.45, 2.75) is 50.2 Å². The molecule has 134 valence electrons. The molecule has 3 fully saturated rings. The Bertz CT molecular complexity index is 556. The van der Waals surface area contributed by atoms with Gasteiger partial charge in [0, 0.05) is 19.0 Å². The molecule has 3 aliphatic rings. The largest absolute Gasteiger partial charge is 0.392 e. The van der Waals surface area contributed by atoms with Crippen LogP contribution < -0.4 is 10.6 Å². The molecule has 0 radical (unpaired) electrons. The van der Waals surface area contributed by atoms with E-state index in [1.54, 1.807) is 0 Å². The van der Waals surface area contributed by atoms with Crippen LogP contribution in [0, 0.1) is 11.8 Å². The first-order valence-corrected chi connectivity index (χ1v) is 8.22. The van der Waals surface area contributed by atoms with Gasteiger partial charge >= 0.3 is 12.2 Å². The van der Waals surface area contributed by atoms with Crippen LogP contribution in [-0.4, -0.2) is 47.6 Å². The third-order valence-corrected chi connectivity index (χ3v) is 5.45. The van der Waals surface area contributed by atoms with Crippen molar-refractivity contribution in [1.29, 1.82) is 0 Å². The van der Waals surface area contributed by atoms with Gasteiger partial charge in [0.1, 0.15) is 5.54 Å². The van der Waals surface area contributed by atoms with Crippen molar-refractivity contribution in [3.63, 3.8) is 0 Å². The number of carbonyl (C=O) groups excluding carboxylic acids is 3. The summed E-state index contributed by atoms with van der Waals surface area (Å²) in [5, 5.41) is 4.74. The highest BCUT2D eigenvalue weighted by atomic mass is 19.4. The van der Waals surface area contributed by atoms with Gasteiger partial charge in [-0.3, -0.25) is 14.9 Å². The number of nitrogens with zero attached hydrogens (tertiary/aromatic N) is 1. The van der Waals surface area contributed by atoms with Gasteiger partial charge in [0.25, 0.3) is 5.91 Å². The molecule has 2 aliphatic heterocycles. The van der Waals surface area contributed by atoms with E-state index in [1.165, 1.54) is 4.90 Å². The third kappa shape index (κ3) is 2.95. The summed E-state index contributed by atoms with van der Waals surface area (Å²) in [6, 6.07) is -0.566. The summed E-state index contributed by atoms with van der Waals surface area (Å²) in [6.07, 6.45) is -2.56. The number of urea groups is 1. The molecular formula is C15H20F3N3O3. The van der Waals surface area contributed by atoms with Crippen LogP contribution in [0.25, 0.3) is 0 Å². The first-order valence-electron chi connectivity index (χ1n) is 8.22. The summed E-state index contributed by atoms with van der Waals surface area (Å²) in [5.41, 5.74) is -1.02. The van der Waals surface area contributed by atoms with Crippen molar-refractivity contribution in [1.82, 2.24) is 15.5 Å². The number of likely N-dealkylation sites (tertiary alicyclic amines) is 1. The van der Waals surface area contributed by atoms with E-state index in [2.05, 4.69) is 10.6 Å². The van der Waals surface area contributed by atoms with Crippen molar-refractivity contribution >= 4 is 17.8 Å². The van der Waals surface area contributed by atoms with Gasteiger partial charge < -0.3 is 10.2 Å². The van der Waals surface area contributed by atoms with Crippen LogP contribution in [0.5, 0.6) is 0 Å². The van der Waals surface area contributed by atoms with E-state index in [0.29, 0.717) is 12.8 Å². The van der Waals surface area contributed by atoms with E-state index in [-0.39, 0.29) is 38.8 Å². The number of imide groups is 1. The standard InChI is InChI=1S/C15H20F3N3O3/c16-15(17,18)10-4-2-1-3-9(10)11(22)21-7-5-14(6-8-21)12(23)19-13(24)20-14/h9-10H,1-8H2,(H2,19,20,23,24)/t9-,10+/m0/s1. The molecule has 2 N–H and O–H groups in total. The molecule has 1 saturated carbocycles. The fraction of sp³-hybridized carbons (Fsp3) is 0.800. The molecule has 0 unspecified atom stereocenters. The molecule has 2 atom stereocenters. The quantitative estimate of drug-likeness (QED) is 0.707. The monoisotopic (exact) mass is 347 g/mol. The molecule has 2 heterocycles. The first kappa shape index (κ1) is 17.0. The summed E-state index contributed by atoms with van der Waals surface area (Å²) in [5.74, 6) is -3.51. The van der Waals surface area contributed by atoms with E-state index < -0.39 is 41.4 Å². The number of hydrogen-bond acceptors (Lipinski definition) is 3. The number of carbonyl (C=O) groups is 3. The molecule has 24 heavy (non-hydrogen) atoms. The average Bonchev–Trinajstić information content (AvgIpc) is 2.80. The lowest BCUT2D eigenvalue weighted by Gasteiger charge is -2.40. The third-order valence-electron chi connectivity index (χ3n) is 5.45. The fourth-order valence-electron chi connectivity index (χ4n) is 4.04. The Hall–Kier alpha value is -1.80. The Morgan fingerprint density at radius 3 is 2.29 bits per heavy atom. The molecule has 6 nitrogen and oxygen atoms in total. The molecule has 1 spiro atoms. The first-order chi connectivity index (χ1) is 11.2. The second kappa shape index (κ2) is 5.93. The van der Waals surface area contributed by atoms with Crippen molar-refractivity contribution in [3.8, 4) is 0 Å². The van der Waals surface area contributed by atoms with Crippen LogP contribution in [0.3, 0.4) is 0 Å². The van der Waals surface area contributed by atoms with Crippen LogP contribution in [0.15, 0.2) is 0 Å². The van der Waals surface area contributed by atoms with Crippen LogP contribution >= 0.6 is 0 Å². The second-order valence-electron chi connectivity index (χ2n) is 6.85. The minimum atomic E-state index is -4.36. The number of halogens is 3. The summed E-state index contributed by atoms with van der Waals surface area (Å²) in [4.78, 5) is 37.2. The lowest BCUT2D eigenvalue weighted by atomic mass is 9.77. The second-order valence-corrected chi connectivity index (χ2v) is 6.85.